The fourth-order valence-corrected chi connectivity index (χ4v) is 10.4. The third-order valence-corrected chi connectivity index (χ3v) is 14.0. The Morgan fingerprint density at radius 3 is 1.55 bits per heavy atom. The van der Waals surface area contributed by atoms with Gasteiger partial charge < -0.3 is 44.4 Å². The molecule has 64 heavy (non-hydrogen) atoms. The number of likely N-dealkylation sites (N-methyl/N-ethyl adjacent to an activating group) is 1. The molecule has 2 aromatic carbocycles. The number of fused-ring (bicyclic) bond motifs is 8. The highest BCUT2D eigenvalue weighted by Gasteiger charge is 2.30. The summed E-state index contributed by atoms with van der Waals surface area (Å²) in [4.78, 5) is 60.1. The summed E-state index contributed by atoms with van der Waals surface area (Å²) in [5, 5.41) is 41.9. The first-order valence-electron chi connectivity index (χ1n) is 22.0. The number of benzene rings is 2. The number of pyridine rings is 2. The van der Waals surface area contributed by atoms with Crippen molar-refractivity contribution in [3.63, 3.8) is 0 Å². The Balaban J connectivity index is 0.000000162. The highest BCUT2D eigenvalue weighted by Crippen LogP contribution is 2.40. The van der Waals surface area contributed by atoms with Crippen LogP contribution in [0, 0.1) is 0 Å². The van der Waals surface area contributed by atoms with Gasteiger partial charge in [-0.3, -0.25) is 19.4 Å². The van der Waals surface area contributed by atoms with Gasteiger partial charge in [-0.1, -0.05) is 0 Å². The van der Waals surface area contributed by atoms with E-state index in [-0.39, 0.29) is 0 Å². The molecule has 6 heterocycles. The molecule has 6 aromatic rings. The summed E-state index contributed by atoms with van der Waals surface area (Å²) in [6.45, 7) is 4.91. The summed E-state index contributed by atoms with van der Waals surface area (Å²) in [6.07, 6.45) is 5.02. The van der Waals surface area contributed by atoms with Gasteiger partial charge in [-0.25, -0.2) is 14.0 Å². The Labute approximate surface area is 368 Å². The number of aryl methyl sites for hydroxylation is 4. The van der Waals surface area contributed by atoms with Crippen LogP contribution >= 0.6 is 0 Å². The van der Waals surface area contributed by atoms with Crippen LogP contribution in [0.2, 0.25) is 0 Å². The molecule has 0 saturated carbocycles. The van der Waals surface area contributed by atoms with Gasteiger partial charge in [0.25, 0.3) is 11.1 Å². The monoisotopic (exact) mass is 875 g/mol. The van der Waals surface area contributed by atoms with Crippen molar-refractivity contribution in [3.8, 4) is 34.0 Å². The molecule has 4 aromatic heterocycles. The first-order valence-corrected chi connectivity index (χ1v) is 22.0. The van der Waals surface area contributed by atoms with Crippen molar-refractivity contribution in [2.45, 2.75) is 76.7 Å². The van der Waals surface area contributed by atoms with Gasteiger partial charge in [-0.2, -0.15) is 0 Å². The third kappa shape index (κ3) is 7.66. The van der Waals surface area contributed by atoms with Gasteiger partial charge in [-0.05, 0) is 113 Å². The number of halogens is 1. The quantitative estimate of drug-likeness (QED) is 0.118. The summed E-state index contributed by atoms with van der Waals surface area (Å²) in [5.41, 5.74) is 7.58. The number of carboxylic acid groups (broad SMARTS) is 2. The number of carbonyl (C=O) groups is 2. The fraction of sp³-hybridized carbons (Fsp3) is 0.417. The van der Waals surface area contributed by atoms with Gasteiger partial charge in [0.05, 0.1) is 11.4 Å². The molecule has 6 N–H and O–H groups in total. The van der Waals surface area contributed by atoms with E-state index in [2.05, 4.69) is 85.3 Å². The predicted molar refractivity (Wildman–Crippen MR) is 241 cm³/mol. The van der Waals surface area contributed by atoms with Crippen molar-refractivity contribution in [2.24, 2.45) is 14.1 Å². The van der Waals surface area contributed by atoms with Crippen LogP contribution in [0.25, 0.3) is 44.3 Å². The zero-order valence-electron chi connectivity index (χ0n) is 36.6. The van der Waals surface area contributed by atoms with Gasteiger partial charge in [-0.15, -0.1) is 0 Å². The lowest BCUT2D eigenvalue weighted by atomic mass is 9.98. The lowest BCUT2D eigenvalue weighted by molar-refractivity contribution is 0.0680. The largest absolute Gasteiger partial charge is 0.506 e. The second kappa shape index (κ2) is 16.7. The number of aromatic amines is 2. The second-order valence-corrected chi connectivity index (χ2v) is 18.2. The number of carboxylic acids is 2. The molecule has 0 bridgehead atoms. The molecule has 2 aliphatic carbocycles. The molecular formula is C48H54FN7O8. The first-order chi connectivity index (χ1) is 30.6. The predicted octanol–water partition coefficient (Wildman–Crippen LogP) is 5.53. The minimum atomic E-state index is -1.44. The van der Waals surface area contributed by atoms with Crippen LogP contribution in [0.1, 0.15) is 80.0 Å². The van der Waals surface area contributed by atoms with E-state index in [1.54, 1.807) is 0 Å². The standard InChI is InChI=1S/C25H30N4O4.C23H24FN3O4/c1-27(2)16-7-8-29(12-16)13-17-9-15-10-19-14(11-20(15)28(17)3)5-4-6-18-22(19)26-24(31)21(23(18)30)25(32)33;1-26-15(11-27-6-5-14(24)10-27)7-13-8-17-12(9-18(13)26)3-2-4-16-20(17)25-22(29)19(21(16)28)23(30)31/h9-11,16H,4-8,12-13H2,1-3H3,(H,32,33)(H2,26,30,31);7-9,14H,2-6,10-11H2,1H3,(H,30,31)(H2,25,28,29)/t;14-/m.1/s1. The fourth-order valence-electron chi connectivity index (χ4n) is 10.4. The molecule has 2 saturated heterocycles. The number of likely N-dealkylation sites (tertiary alicyclic amines) is 2. The normalized spacial score (nSPS) is 18.6. The summed E-state index contributed by atoms with van der Waals surface area (Å²) in [6, 6.07) is 13.2. The number of alkyl halides is 1. The number of aromatic hydroxyl groups is 2. The summed E-state index contributed by atoms with van der Waals surface area (Å²) < 4.78 is 17.9. The maximum atomic E-state index is 13.6. The maximum absolute atomic E-state index is 13.6. The first kappa shape index (κ1) is 43.0. The molecule has 2 aliphatic heterocycles. The van der Waals surface area contributed by atoms with Crippen LogP contribution in [-0.4, -0.2) is 119 Å². The van der Waals surface area contributed by atoms with Crippen molar-refractivity contribution in [2.75, 3.05) is 40.3 Å². The van der Waals surface area contributed by atoms with Crippen LogP contribution < -0.4 is 11.1 Å². The van der Waals surface area contributed by atoms with E-state index in [0.29, 0.717) is 60.9 Å². The molecule has 2 fully saturated rings. The van der Waals surface area contributed by atoms with Gasteiger partial charge in [0.1, 0.15) is 17.7 Å². The Morgan fingerprint density at radius 1 is 0.688 bits per heavy atom. The van der Waals surface area contributed by atoms with Crippen LogP contribution in [0.15, 0.2) is 46.0 Å². The molecule has 4 aliphatic rings. The van der Waals surface area contributed by atoms with Gasteiger partial charge >= 0.3 is 11.9 Å². The summed E-state index contributed by atoms with van der Waals surface area (Å²) in [5.74, 6) is -3.70. The van der Waals surface area contributed by atoms with Crippen molar-refractivity contribution >= 4 is 33.7 Å². The Bertz CT molecular complexity index is 3000. The molecule has 16 heteroatoms. The zero-order chi connectivity index (χ0) is 45.3. The topological polar surface area (TPSA) is 200 Å². The minimum Gasteiger partial charge on any atom is -0.506 e. The van der Waals surface area contributed by atoms with E-state index in [1.807, 2.05) is 13.1 Å². The SMILES string of the molecule is CN(C)C1CCN(Cc2cc3cc4c(cc3n2C)CCCc2c-4[nH]c(=O)c(C(=O)O)c2O)C1.Cn1c(CN2CC[C@@H](F)C2)cc2cc3c(cc21)CCCc1c-3[nH]c(=O)c(C(=O)O)c1O. The van der Waals surface area contributed by atoms with Crippen molar-refractivity contribution in [1.29, 1.82) is 0 Å². The summed E-state index contributed by atoms with van der Waals surface area (Å²) >= 11 is 0. The Morgan fingerprint density at radius 2 is 1.14 bits per heavy atom. The molecule has 336 valence electrons. The molecule has 1 unspecified atom stereocenters. The zero-order valence-corrected chi connectivity index (χ0v) is 36.6. The van der Waals surface area contributed by atoms with Gasteiger partial charge in [0.2, 0.25) is 0 Å². The number of rotatable bonds is 7. The Hall–Kier alpha value is -6.23. The molecule has 0 amide bonds. The molecular weight excluding hydrogens is 822 g/mol. The van der Waals surface area contributed by atoms with E-state index < -0.39 is 51.9 Å². The average molecular weight is 876 g/mol. The number of aromatic nitrogens is 4. The Kier molecular flexibility index (Phi) is 11.2. The number of nitrogens with zero attached hydrogens (tertiary/aromatic N) is 5. The second-order valence-electron chi connectivity index (χ2n) is 18.2. The van der Waals surface area contributed by atoms with Crippen LogP contribution in [0.3, 0.4) is 0 Å². The number of nitrogens with one attached hydrogen (secondary N) is 2. The molecule has 0 radical (unpaired) electrons. The lowest BCUT2D eigenvalue weighted by Crippen LogP contribution is -2.31. The third-order valence-electron chi connectivity index (χ3n) is 14.0. The van der Waals surface area contributed by atoms with E-state index in [9.17, 15) is 44.0 Å². The van der Waals surface area contributed by atoms with E-state index >= 15 is 0 Å². The van der Waals surface area contributed by atoms with Crippen LogP contribution in [0.5, 0.6) is 11.5 Å². The molecule has 0 spiro atoms. The smallest absolute Gasteiger partial charge is 0.345 e. The number of hydrogen-bond acceptors (Lipinski definition) is 9. The van der Waals surface area contributed by atoms with E-state index in [4.69, 9.17) is 0 Å². The summed E-state index contributed by atoms with van der Waals surface area (Å²) in [7, 11) is 8.38. The van der Waals surface area contributed by atoms with Crippen LogP contribution in [-0.2, 0) is 52.9 Å². The number of hydrogen-bond donors (Lipinski definition) is 6. The molecule has 15 nitrogen and oxygen atoms in total. The van der Waals surface area contributed by atoms with Gasteiger partial charge in [0, 0.05) is 115 Å². The van der Waals surface area contributed by atoms with E-state index in [1.165, 1.54) is 12.1 Å². The van der Waals surface area contributed by atoms with Crippen molar-refractivity contribution < 1.29 is 34.4 Å². The number of aromatic carboxylic acids is 2. The highest BCUT2D eigenvalue weighted by molar-refractivity contribution is 5.95. The number of H-pyrrole nitrogens is 2. The lowest BCUT2D eigenvalue weighted by Gasteiger charge is -2.20. The molecule has 2 atom stereocenters. The minimum absolute atomic E-state index is 0.410. The maximum Gasteiger partial charge on any atom is 0.345 e. The van der Waals surface area contributed by atoms with Crippen LogP contribution in [0.4, 0.5) is 4.39 Å². The molecule has 10 rings (SSSR count). The van der Waals surface area contributed by atoms with Gasteiger partial charge in [0.15, 0.2) is 11.1 Å². The highest BCUT2D eigenvalue weighted by atomic mass is 19.1. The average Bonchev–Trinajstić information content (AvgIpc) is 3.97. The van der Waals surface area contributed by atoms with E-state index in [0.717, 1.165) is 102 Å². The van der Waals surface area contributed by atoms with Crippen molar-refractivity contribution in [3.05, 3.63) is 102 Å². The van der Waals surface area contributed by atoms with Crippen molar-refractivity contribution in [1.82, 2.24) is 33.8 Å².